The van der Waals surface area contributed by atoms with Crippen LogP contribution in [-0.4, -0.2) is 253 Å². The van der Waals surface area contributed by atoms with Gasteiger partial charge in [-0.2, -0.15) is 19.2 Å². The first-order chi connectivity index (χ1) is 29.2. The van der Waals surface area contributed by atoms with Gasteiger partial charge in [0.15, 0.2) is 17.9 Å². The molecule has 376 valence electrons. The number of Topliss-reactive ketones (excluding diaryl/α,β-unsaturated/α-hetero) is 4. The van der Waals surface area contributed by atoms with Gasteiger partial charge in [0.05, 0.1) is 36.5 Å². The highest BCUT2D eigenvalue weighted by Crippen LogP contribution is 2.05. The number of ketones is 4. The predicted octanol–water partition coefficient (Wildman–Crippen LogP) is -16.0. The summed E-state index contributed by atoms with van der Waals surface area (Å²) in [5.74, 6) is -8.21. The molecule has 0 radical (unpaired) electrons. The van der Waals surface area contributed by atoms with Crippen LogP contribution in [0.25, 0.3) is 0 Å². The fourth-order valence-corrected chi connectivity index (χ4v) is 2.41. The normalized spacial score (nSPS) is 16.1. The van der Waals surface area contributed by atoms with Crippen LogP contribution in [0.15, 0.2) is 0 Å². The quantitative estimate of drug-likeness (QED) is 0.0398. The first kappa shape index (κ1) is 76.3. The van der Waals surface area contributed by atoms with Crippen LogP contribution in [0.4, 0.5) is 0 Å². The van der Waals surface area contributed by atoms with Crippen molar-refractivity contribution in [2.24, 2.45) is 11.5 Å². The number of nitrogens with two attached hydrogens (primary N) is 2. The fourth-order valence-electron chi connectivity index (χ4n) is 2.41. The molecule has 0 aromatic rings. The van der Waals surface area contributed by atoms with Gasteiger partial charge in [0.25, 0.3) is 0 Å². The lowest BCUT2D eigenvalue weighted by atomic mass is 9.99. The van der Waals surface area contributed by atoms with Crippen molar-refractivity contribution in [1.29, 1.82) is 0 Å². The molecule has 14 atom stereocenters. The van der Waals surface area contributed by atoms with E-state index in [1.54, 1.807) is 0 Å². The Kier molecular flexibility index (Phi) is 56.6. The largest absolute Gasteiger partial charge is 0.542 e. The van der Waals surface area contributed by atoms with Crippen molar-refractivity contribution in [3.63, 3.8) is 0 Å². The van der Waals surface area contributed by atoms with E-state index < -0.39 is 147 Å². The maximum Gasteiger partial charge on any atom is 0.373 e. The Morgan fingerprint density at radius 2 is 0.719 bits per heavy atom. The molecule has 0 saturated heterocycles. The summed E-state index contributed by atoms with van der Waals surface area (Å²) in [5, 5.41) is 157. The van der Waals surface area contributed by atoms with Crippen LogP contribution >= 0.6 is 0 Å². The summed E-state index contributed by atoms with van der Waals surface area (Å²) in [5.41, 5.74) is 10.4. The van der Waals surface area contributed by atoms with Gasteiger partial charge in [0.2, 0.25) is 11.6 Å². The molecule has 0 fully saturated rings. The molecule has 0 aromatic heterocycles. The molecule has 64 heavy (non-hydrogen) atoms. The van der Waals surface area contributed by atoms with E-state index in [9.17, 15) is 53.7 Å². The summed E-state index contributed by atoms with van der Waals surface area (Å²) in [6, 6.07) is -1.99. The molecule has 0 bridgehead atoms. The maximum atomic E-state index is 10.7. The van der Waals surface area contributed by atoms with Crippen molar-refractivity contribution in [1.82, 2.24) is 0 Å². The smallest absolute Gasteiger partial charge is 0.373 e. The summed E-state index contributed by atoms with van der Waals surface area (Å²) in [7, 11) is 0. The van der Waals surface area contributed by atoms with Crippen molar-refractivity contribution < 1.29 is 149 Å². The summed E-state index contributed by atoms with van der Waals surface area (Å²) in [6.45, 7) is 1.46. The Morgan fingerprint density at radius 3 is 0.859 bits per heavy atom. The minimum absolute atomic E-state index is 0.178. The highest BCUT2D eigenvalue weighted by molar-refractivity contribution is 6.32. The fraction of sp³-hybridized carbons (Fsp3) is 0.688. The van der Waals surface area contributed by atoms with Crippen LogP contribution in [0.1, 0.15) is 27.7 Å². The summed E-state index contributed by atoms with van der Waals surface area (Å²) < 4.78 is 0. The molecule has 0 aliphatic carbocycles. The molecule has 0 saturated carbocycles. The minimum atomic E-state index is -1.88. The second-order valence-corrected chi connectivity index (χ2v) is 11.4. The monoisotopic (exact) mass is 948 g/mol. The summed E-state index contributed by atoms with van der Waals surface area (Å²) in [4.78, 5) is 111. The van der Waals surface area contributed by atoms with Gasteiger partial charge in [-0.25, -0.2) is 0 Å². The van der Waals surface area contributed by atoms with Crippen LogP contribution in [-0.2, 0) is 57.5 Å². The number of aliphatic hydroxyl groups is 16. The van der Waals surface area contributed by atoms with Gasteiger partial charge in [-0.15, -0.1) is 0 Å². The molecule has 0 amide bonds. The van der Waals surface area contributed by atoms with Gasteiger partial charge in [-0.05, 0) is 27.7 Å². The molecule has 32 nitrogen and oxygen atoms in total. The van der Waals surface area contributed by atoms with Crippen molar-refractivity contribution in [3.8, 4) is 0 Å². The van der Waals surface area contributed by atoms with Crippen LogP contribution < -0.4 is 21.7 Å². The SMILES string of the molecule is CC(O)C(N)C(O)C(O)C(=O)CO.CC(O)C(N)C(O)C=O.CC(O)C(O)C(O)C(O)C(=O)CO.CC(O)C(O)C(O)C=O.O=C([O-])C(=O)CO.O=C([O-])C(=O)CO.O=C=O.O=C=O. The van der Waals surface area contributed by atoms with E-state index in [-0.39, 0.29) is 18.6 Å². The first-order valence-electron chi connectivity index (χ1n) is 16.8. The van der Waals surface area contributed by atoms with Crippen LogP contribution in [0.3, 0.4) is 0 Å². The Balaban J connectivity index is -0.0000000968. The number of carboxylic acid groups (broad SMARTS) is 2. The average molecular weight is 949 g/mol. The average Bonchev–Trinajstić information content (AvgIpc) is 3.26. The lowest BCUT2D eigenvalue weighted by molar-refractivity contribution is -0.301. The number of aliphatic hydroxyl groups excluding tert-OH is 16. The maximum absolute atomic E-state index is 10.7. The lowest BCUT2D eigenvalue weighted by Crippen LogP contribution is -2.52. The molecule has 0 spiro atoms. The lowest BCUT2D eigenvalue weighted by Gasteiger charge is -2.24. The number of rotatable bonds is 20. The molecule has 20 N–H and O–H groups in total. The molecule has 0 heterocycles. The first-order valence-corrected chi connectivity index (χ1v) is 16.8. The van der Waals surface area contributed by atoms with E-state index in [0.717, 1.165) is 0 Å². The number of aldehydes is 2. The van der Waals surface area contributed by atoms with Crippen LogP contribution in [0.5, 0.6) is 0 Å². The third-order valence-electron chi connectivity index (χ3n) is 6.23. The van der Waals surface area contributed by atoms with E-state index in [0.29, 0.717) is 6.29 Å². The Morgan fingerprint density at radius 1 is 0.453 bits per heavy atom. The van der Waals surface area contributed by atoms with Gasteiger partial charge >= 0.3 is 12.3 Å². The third-order valence-corrected chi connectivity index (χ3v) is 6.23. The molecule has 32 heteroatoms. The molecular weight excluding hydrogens is 892 g/mol. The highest BCUT2D eigenvalue weighted by atomic mass is 16.4. The summed E-state index contributed by atoms with van der Waals surface area (Å²) in [6.07, 6.45) is -16.0. The second kappa shape index (κ2) is 47.5. The highest BCUT2D eigenvalue weighted by Gasteiger charge is 2.32. The van der Waals surface area contributed by atoms with Gasteiger partial charge < -0.3 is 123 Å². The van der Waals surface area contributed by atoms with Crippen molar-refractivity contribution in [3.05, 3.63) is 0 Å². The standard InChI is InChI=1S/C7H15NO5.C7H14O6.C5H11NO3.C5H10O4.2C3H4O4.2CO2/c1-3(10)5(8)7(13)6(12)4(11)2-9;1-3(9)5(11)7(13)6(12)4(10)2-8;1-3(8)5(6)4(9)2-7;1-3(7)5(9)4(8)2-6;2*4-1-2(5)3(6)7;2*2-1-3/h3,5-7,9-10,12-13H,2,8H2,1H3;3,5-9,11-13H,2H2,1H3;2-5,8-9H,6H2,1H3;2-5,7-9H,1H3;2*4H,1H2,(H,6,7);;/p-2. The van der Waals surface area contributed by atoms with E-state index in [1.807, 2.05) is 0 Å². The van der Waals surface area contributed by atoms with Crippen molar-refractivity contribution in [2.45, 2.75) is 113 Å². The zero-order chi connectivity index (χ0) is 53.2. The summed E-state index contributed by atoms with van der Waals surface area (Å²) >= 11 is 0. The molecule has 0 rings (SSSR count). The Labute approximate surface area is 360 Å². The van der Waals surface area contributed by atoms with Gasteiger partial charge in [-0.3, -0.25) is 19.2 Å². The van der Waals surface area contributed by atoms with Crippen LogP contribution in [0.2, 0.25) is 0 Å². The van der Waals surface area contributed by atoms with E-state index in [1.165, 1.54) is 27.7 Å². The predicted molar refractivity (Wildman–Crippen MR) is 191 cm³/mol. The number of carbonyl (C=O) groups is 8. The van der Waals surface area contributed by atoms with E-state index in [4.69, 9.17) is 107 Å². The topological polar surface area (TPSA) is 627 Å². The molecule has 0 aromatic carbocycles. The van der Waals surface area contributed by atoms with Crippen LogP contribution in [0, 0.1) is 0 Å². The van der Waals surface area contributed by atoms with Gasteiger partial charge in [0, 0.05) is 0 Å². The number of aliphatic carboxylic acids is 2. The van der Waals surface area contributed by atoms with E-state index in [2.05, 4.69) is 0 Å². The Hall–Kier alpha value is -5.00. The van der Waals surface area contributed by atoms with Crippen molar-refractivity contribution >= 4 is 59.9 Å². The molecular formula is C32H56N2O30-2. The van der Waals surface area contributed by atoms with Crippen molar-refractivity contribution in [2.75, 3.05) is 26.4 Å². The zero-order valence-corrected chi connectivity index (χ0v) is 34.1. The number of carbonyl (C=O) groups excluding carboxylic acids is 12. The number of hydrogen-bond acceptors (Lipinski definition) is 32. The minimum Gasteiger partial charge on any atom is -0.542 e. The van der Waals surface area contributed by atoms with Gasteiger partial charge in [0.1, 0.15) is 93.5 Å². The molecule has 0 aliphatic heterocycles. The molecule has 0 aliphatic rings. The Bertz CT molecular complexity index is 1250. The number of carboxylic acids is 2. The molecule has 14 unspecified atom stereocenters. The number of hydrogen-bond donors (Lipinski definition) is 18. The zero-order valence-electron chi connectivity index (χ0n) is 34.1. The van der Waals surface area contributed by atoms with Gasteiger partial charge in [-0.1, -0.05) is 0 Å². The second-order valence-electron chi connectivity index (χ2n) is 11.4. The third kappa shape index (κ3) is 45.0. The van der Waals surface area contributed by atoms with E-state index >= 15 is 0 Å².